The van der Waals surface area contributed by atoms with E-state index >= 15 is 0 Å². The fraction of sp³-hybridized carbons (Fsp3) is 0.444. The first-order valence-electron chi connectivity index (χ1n) is 5.00. The molecule has 0 aliphatic carbocycles. The van der Waals surface area contributed by atoms with Crippen molar-refractivity contribution in [1.29, 1.82) is 0 Å². The standard InChI is InChI=1S/C9H13ClN4O3S/c1-14(2)18(16,17)6-5-11-9(15)7-3-4-8(10)13-12-7/h3-4H,5-6H2,1-2H3,(H,11,15). The topological polar surface area (TPSA) is 92.3 Å². The van der Waals surface area contributed by atoms with Crippen molar-refractivity contribution < 1.29 is 13.2 Å². The first-order valence-corrected chi connectivity index (χ1v) is 6.99. The van der Waals surface area contributed by atoms with Crippen LogP contribution >= 0.6 is 11.6 Å². The van der Waals surface area contributed by atoms with E-state index < -0.39 is 15.9 Å². The number of amides is 1. The highest BCUT2D eigenvalue weighted by Gasteiger charge is 2.14. The van der Waals surface area contributed by atoms with Gasteiger partial charge in [0.15, 0.2) is 10.8 Å². The molecule has 0 aliphatic heterocycles. The smallest absolute Gasteiger partial charge is 0.271 e. The summed E-state index contributed by atoms with van der Waals surface area (Å²) >= 11 is 5.53. The van der Waals surface area contributed by atoms with Gasteiger partial charge in [0.2, 0.25) is 10.0 Å². The number of rotatable bonds is 5. The minimum Gasteiger partial charge on any atom is -0.350 e. The summed E-state index contributed by atoms with van der Waals surface area (Å²) in [6, 6.07) is 2.84. The van der Waals surface area contributed by atoms with Crippen molar-refractivity contribution in [3.05, 3.63) is 23.0 Å². The van der Waals surface area contributed by atoms with Crippen LogP contribution in [0.15, 0.2) is 12.1 Å². The third kappa shape index (κ3) is 4.21. The zero-order chi connectivity index (χ0) is 13.8. The molecule has 1 aromatic rings. The highest BCUT2D eigenvalue weighted by Crippen LogP contribution is 2.01. The van der Waals surface area contributed by atoms with Gasteiger partial charge in [-0.25, -0.2) is 12.7 Å². The van der Waals surface area contributed by atoms with E-state index in [1.807, 2.05) is 0 Å². The fourth-order valence-electron chi connectivity index (χ4n) is 1.00. The van der Waals surface area contributed by atoms with E-state index in [1.165, 1.54) is 26.2 Å². The molecule has 7 nitrogen and oxygen atoms in total. The normalized spacial score (nSPS) is 11.6. The van der Waals surface area contributed by atoms with Crippen molar-refractivity contribution in [2.75, 3.05) is 26.4 Å². The molecule has 1 heterocycles. The van der Waals surface area contributed by atoms with Gasteiger partial charge in [0.05, 0.1) is 5.75 Å². The Morgan fingerprint density at radius 2 is 2.06 bits per heavy atom. The number of hydrogen-bond acceptors (Lipinski definition) is 5. The molecule has 0 saturated carbocycles. The molecule has 0 spiro atoms. The number of sulfonamides is 1. The average molecular weight is 293 g/mol. The molecule has 0 fully saturated rings. The van der Waals surface area contributed by atoms with Gasteiger partial charge in [-0.05, 0) is 12.1 Å². The summed E-state index contributed by atoms with van der Waals surface area (Å²) in [6.07, 6.45) is 0. The summed E-state index contributed by atoms with van der Waals surface area (Å²) in [5.74, 6) is -0.666. The maximum Gasteiger partial charge on any atom is 0.271 e. The molecule has 0 saturated heterocycles. The van der Waals surface area contributed by atoms with Gasteiger partial charge in [0, 0.05) is 20.6 Å². The summed E-state index contributed by atoms with van der Waals surface area (Å²) < 4.78 is 23.9. The van der Waals surface area contributed by atoms with Crippen molar-refractivity contribution in [2.24, 2.45) is 0 Å². The van der Waals surface area contributed by atoms with Crippen molar-refractivity contribution in [3.8, 4) is 0 Å². The molecule has 0 radical (unpaired) electrons. The van der Waals surface area contributed by atoms with Gasteiger partial charge in [-0.1, -0.05) is 11.6 Å². The van der Waals surface area contributed by atoms with Gasteiger partial charge in [0.25, 0.3) is 5.91 Å². The second kappa shape index (κ2) is 6.07. The molecule has 1 aromatic heterocycles. The first-order chi connectivity index (χ1) is 8.33. The monoisotopic (exact) mass is 292 g/mol. The van der Waals surface area contributed by atoms with Crippen LogP contribution in [0.5, 0.6) is 0 Å². The Balaban J connectivity index is 2.50. The van der Waals surface area contributed by atoms with Gasteiger partial charge >= 0.3 is 0 Å². The number of carbonyl (C=O) groups is 1. The average Bonchev–Trinajstić information content (AvgIpc) is 2.29. The SMILES string of the molecule is CN(C)S(=O)(=O)CCNC(=O)c1ccc(Cl)nn1. The van der Waals surface area contributed by atoms with Crippen LogP contribution in [0.3, 0.4) is 0 Å². The van der Waals surface area contributed by atoms with E-state index in [-0.39, 0.29) is 23.1 Å². The van der Waals surface area contributed by atoms with E-state index in [4.69, 9.17) is 11.6 Å². The van der Waals surface area contributed by atoms with Gasteiger partial charge in [-0.2, -0.15) is 0 Å². The Morgan fingerprint density at radius 3 is 2.56 bits per heavy atom. The van der Waals surface area contributed by atoms with Gasteiger partial charge in [-0.15, -0.1) is 10.2 Å². The second-order valence-electron chi connectivity index (χ2n) is 3.60. The molecule has 1 rings (SSSR count). The van der Waals surface area contributed by atoms with Crippen molar-refractivity contribution >= 4 is 27.5 Å². The highest BCUT2D eigenvalue weighted by molar-refractivity contribution is 7.89. The summed E-state index contributed by atoms with van der Waals surface area (Å²) in [5.41, 5.74) is 0.0849. The highest BCUT2D eigenvalue weighted by atomic mass is 35.5. The number of nitrogens with one attached hydrogen (secondary N) is 1. The summed E-state index contributed by atoms with van der Waals surface area (Å²) in [5, 5.41) is 9.71. The zero-order valence-electron chi connectivity index (χ0n) is 9.92. The Morgan fingerprint density at radius 1 is 1.39 bits per heavy atom. The molecule has 0 unspecified atom stereocenters. The molecule has 0 atom stereocenters. The van der Waals surface area contributed by atoms with E-state index in [0.29, 0.717) is 0 Å². The predicted octanol–water partition coefficient (Wildman–Crippen LogP) is -0.249. The fourth-order valence-corrected chi connectivity index (χ4v) is 1.83. The van der Waals surface area contributed by atoms with Gasteiger partial charge in [-0.3, -0.25) is 4.79 Å². The second-order valence-corrected chi connectivity index (χ2v) is 6.29. The molecule has 1 amide bonds. The number of hydrogen-bond donors (Lipinski definition) is 1. The lowest BCUT2D eigenvalue weighted by molar-refractivity contribution is 0.0950. The Bertz CT molecular complexity index is 515. The lowest BCUT2D eigenvalue weighted by Gasteiger charge is -2.11. The molecule has 18 heavy (non-hydrogen) atoms. The van der Waals surface area contributed by atoms with E-state index in [1.54, 1.807) is 0 Å². The Kier molecular flexibility index (Phi) is 5.00. The summed E-state index contributed by atoms with van der Waals surface area (Å²) in [4.78, 5) is 11.5. The third-order valence-corrected chi connectivity index (χ3v) is 4.10. The van der Waals surface area contributed by atoms with Crippen molar-refractivity contribution in [3.63, 3.8) is 0 Å². The lowest BCUT2D eigenvalue weighted by atomic mass is 10.4. The van der Waals surface area contributed by atoms with Crippen LogP contribution < -0.4 is 5.32 Å². The molecule has 1 N–H and O–H groups in total. The number of carbonyl (C=O) groups excluding carboxylic acids is 1. The zero-order valence-corrected chi connectivity index (χ0v) is 11.5. The predicted molar refractivity (Wildman–Crippen MR) is 66.8 cm³/mol. The van der Waals surface area contributed by atoms with Crippen molar-refractivity contribution in [1.82, 2.24) is 19.8 Å². The number of aromatic nitrogens is 2. The van der Waals surface area contributed by atoms with Crippen LogP contribution in [-0.2, 0) is 10.0 Å². The molecular formula is C9H13ClN4O3S. The van der Waals surface area contributed by atoms with Crippen LogP contribution in [0.2, 0.25) is 5.15 Å². The summed E-state index contributed by atoms with van der Waals surface area (Å²) in [6.45, 7) is 0.00362. The maximum absolute atomic E-state index is 11.5. The van der Waals surface area contributed by atoms with Gasteiger partial charge < -0.3 is 5.32 Å². The van der Waals surface area contributed by atoms with Crippen LogP contribution in [0.25, 0.3) is 0 Å². The minimum absolute atomic E-state index is 0.00362. The maximum atomic E-state index is 11.5. The molecule has 0 aromatic carbocycles. The van der Waals surface area contributed by atoms with E-state index in [2.05, 4.69) is 15.5 Å². The minimum atomic E-state index is -3.32. The lowest BCUT2D eigenvalue weighted by Crippen LogP contribution is -2.34. The molecule has 9 heteroatoms. The Hall–Kier alpha value is -1.25. The molecular weight excluding hydrogens is 280 g/mol. The van der Waals surface area contributed by atoms with Crippen LogP contribution in [-0.4, -0.2) is 55.2 Å². The number of nitrogens with zero attached hydrogens (tertiary/aromatic N) is 3. The quantitative estimate of drug-likeness (QED) is 0.808. The Labute approximate surface area is 110 Å². The largest absolute Gasteiger partial charge is 0.350 e. The van der Waals surface area contributed by atoms with Crippen LogP contribution in [0.4, 0.5) is 0 Å². The van der Waals surface area contributed by atoms with Crippen molar-refractivity contribution in [2.45, 2.75) is 0 Å². The molecule has 0 bridgehead atoms. The third-order valence-electron chi connectivity index (χ3n) is 2.07. The van der Waals surface area contributed by atoms with Crippen LogP contribution in [0, 0.1) is 0 Å². The summed E-state index contributed by atoms with van der Waals surface area (Å²) in [7, 11) is -0.457. The van der Waals surface area contributed by atoms with Gasteiger partial charge in [0.1, 0.15) is 0 Å². The van der Waals surface area contributed by atoms with E-state index in [0.717, 1.165) is 4.31 Å². The van der Waals surface area contributed by atoms with Crippen LogP contribution in [0.1, 0.15) is 10.5 Å². The molecule has 0 aliphatic rings. The van der Waals surface area contributed by atoms with E-state index in [9.17, 15) is 13.2 Å². The first kappa shape index (κ1) is 14.8. The molecule has 100 valence electrons. The number of halogens is 1.